The molecule has 1 fully saturated rings. The number of carbonyl (C=O) groups is 1. The Balaban J connectivity index is 1.14. The smallest absolute Gasteiger partial charge is 0.255 e. The lowest BCUT2D eigenvalue weighted by Gasteiger charge is -2.16. The van der Waals surface area contributed by atoms with E-state index in [1.807, 2.05) is 56.3 Å². The van der Waals surface area contributed by atoms with Gasteiger partial charge in [-0.3, -0.25) is 14.4 Å². The van der Waals surface area contributed by atoms with Crippen LogP contribution in [0.3, 0.4) is 0 Å². The van der Waals surface area contributed by atoms with Gasteiger partial charge in [-0.2, -0.15) is 14.5 Å². The third kappa shape index (κ3) is 5.56. The van der Waals surface area contributed by atoms with Gasteiger partial charge in [0.15, 0.2) is 5.82 Å². The monoisotopic (exact) mass is 571 g/mol. The fourth-order valence-electron chi connectivity index (χ4n) is 5.00. The van der Waals surface area contributed by atoms with Crippen LogP contribution in [0.25, 0.3) is 22.2 Å². The molecule has 0 spiro atoms. The number of aromatic amines is 1. The molecule has 0 aliphatic carbocycles. The van der Waals surface area contributed by atoms with Gasteiger partial charge in [0.2, 0.25) is 23.6 Å². The summed E-state index contributed by atoms with van der Waals surface area (Å²) in [5.41, 5.74) is 10.6. The number of nitrogen functional groups attached to an aromatic ring is 1. The largest absolute Gasteiger partial charge is 0.471 e. The number of halogens is 1. The van der Waals surface area contributed by atoms with E-state index in [-0.39, 0.29) is 30.4 Å². The number of para-hydroxylation sites is 1. The summed E-state index contributed by atoms with van der Waals surface area (Å²) in [7, 11) is 1.88. The average Bonchev–Trinajstić information content (AvgIpc) is 3.66. The number of nitrogens with one attached hydrogen (secondary N) is 3. The van der Waals surface area contributed by atoms with E-state index < -0.39 is 5.82 Å². The number of hydrogen-bond acceptors (Lipinski definition) is 10. The number of nitrogens with two attached hydrogens (primary N) is 1. The molecule has 0 saturated carbocycles. The van der Waals surface area contributed by atoms with E-state index in [0.717, 1.165) is 39.6 Å². The molecule has 1 aromatic carbocycles. The molecule has 1 atom stereocenters. The number of benzene rings is 1. The van der Waals surface area contributed by atoms with E-state index >= 15 is 0 Å². The quantitative estimate of drug-likeness (QED) is 0.217. The lowest BCUT2D eigenvalue weighted by molar-refractivity contribution is -0.117. The van der Waals surface area contributed by atoms with Gasteiger partial charge in [-0.15, -0.1) is 0 Å². The van der Waals surface area contributed by atoms with Crippen molar-refractivity contribution in [3.8, 4) is 17.1 Å². The normalized spacial score (nSPS) is 15.3. The second-order valence-electron chi connectivity index (χ2n) is 10.3. The highest BCUT2D eigenvalue weighted by atomic mass is 19.1. The fourth-order valence-corrected chi connectivity index (χ4v) is 5.00. The number of ether oxygens (including phenoxy) is 1. The van der Waals surface area contributed by atoms with Gasteiger partial charge < -0.3 is 26.1 Å². The van der Waals surface area contributed by atoms with E-state index in [2.05, 4.69) is 35.7 Å². The zero-order valence-electron chi connectivity index (χ0n) is 23.3. The molecule has 4 aromatic heterocycles. The number of likely N-dealkylation sites (tertiary alicyclic amines) is 1. The maximum absolute atomic E-state index is 14.0. The van der Waals surface area contributed by atoms with Gasteiger partial charge in [-0.25, -0.2) is 15.0 Å². The number of hydrogen-bond donors (Lipinski definition) is 4. The second kappa shape index (κ2) is 11.0. The predicted molar refractivity (Wildman–Crippen MR) is 156 cm³/mol. The van der Waals surface area contributed by atoms with Crippen LogP contribution < -0.4 is 21.1 Å². The minimum atomic E-state index is -0.674. The molecule has 5 aromatic rings. The van der Waals surface area contributed by atoms with Crippen LogP contribution >= 0.6 is 0 Å². The Morgan fingerprint density at radius 1 is 1.24 bits per heavy atom. The average molecular weight is 572 g/mol. The van der Waals surface area contributed by atoms with Crippen molar-refractivity contribution in [3.63, 3.8) is 0 Å². The molecule has 6 rings (SSSR count). The first-order valence-corrected chi connectivity index (χ1v) is 13.4. The third-order valence-corrected chi connectivity index (χ3v) is 7.18. The van der Waals surface area contributed by atoms with Crippen LogP contribution in [0, 0.1) is 19.7 Å². The van der Waals surface area contributed by atoms with Crippen LogP contribution in [0.1, 0.15) is 17.7 Å². The number of nitrogens with zero attached hydrogens (tertiary/aromatic N) is 7. The van der Waals surface area contributed by atoms with Crippen LogP contribution in [0.15, 0.2) is 42.9 Å². The molecule has 1 aliphatic heterocycles. The first kappa shape index (κ1) is 27.1. The number of rotatable bonds is 8. The molecule has 0 bridgehead atoms. The van der Waals surface area contributed by atoms with E-state index in [1.54, 1.807) is 10.9 Å². The van der Waals surface area contributed by atoms with Crippen LogP contribution in [0.5, 0.6) is 5.88 Å². The lowest BCUT2D eigenvalue weighted by atomic mass is 10.1. The van der Waals surface area contributed by atoms with Crippen LogP contribution in [-0.4, -0.2) is 71.2 Å². The number of amides is 1. The summed E-state index contributed by atoms with van der Waals surface area (Å²) in [5, 5.41) is 11.5. The summed E-state index contributed by atoms with van der Waals surface area (Å²) in [6.45, 7) is 5.16. The van der Waals surface area contributed by atoms with Crippen molar-refractivity contribution in [2.45, 2.75) is 26.4 Å². The van der Waals surface area contributed by atoms with Gasteiger partial charge in [-0.05, 0) is 31.9 Å². The molecule has 0 radical (unpaired) electrons. The van der Waals surface area contributed by atoms with Crippen LogP contribution in [-0.2, 0) is 11.8 Å². The van der Waals surface area contributed by atoms with Crippen molar-refractivity contribution in [1.82, 2.24) is 39.6 Å². The van der Waals surface area contributed by atoms with Gasteiger partial charge in [0.05, 0.1) is 29.6 Å². The van der Waals surface area contributed by atoms with Crippen molar-refractivity contribution in [3.05, 3.63) is 59.9 Å². The fraction of sp³-hybridized carbons (Fsp3) is 0.286. The minimum absolute atomic E-state index is 0.0613. The van der Waals surface area contributed by atoms with Crippen LogP contribution in [0.4, 0.5) is 27.8 Å². The Hall–Kier alpha value is -5.11. The molecule has 216 valence electrons. The van der Waals surface area contributed by atoms with Crippen LogP contribution in [0.2, 0.25) is 0 Å². The first-order valence-electron chi connectivity index (χ1n) is 13.4. The Bertz CT molecular complexity index is 1760. The molecule has 1 aliphatic rings. The summed E-state index contributed by atoms with van der Waals surface area (Å²) >= 11 is 0. The van der Waals surface area contributed by atoms with Gasteiger partial charge in [0.25, 0.3) is 5.88 Å². The maximum atomic E-state index is 14.0. The van der Waals surface area contributed by atoms with Crippen molar-refractivity contribution in [2.24, 2.45) is 7.05 Å². The first-order chi connectivity index (χ1) is 20.2. The summed E-state index contributed by atoms with van der Waals surface area (Å²) in [6.07, 6.45) is 4.95. The number of anilines is 4. The number of fused-ring (bicyclic) bond motifs is 1. The third-order valence-electron chi connectivity index (χ3n) is 7.18. The molecule has 5 N–H and O–H groups in total. The maximum Gasteiger partial charge on any atom is 0.255 e. The minimum Gasteiger partial charge on any atom is -0.471 e. The molecule has 14 heteroatoms. The SMILES string of the molecule is Cc1cnc(Nc2cc(C)n(C)n2)nc1-c1c[nH]c2c(NC(=O)CN3CC[C@H](Oc4nc(N)ncc4F)C3)cccc12. The number of aromatic nitrogens is 7. The highest BCUT2D eigenvalue weighted by molar-refractivity contribution is 6.06. The molecule has 0 unspecified atom stereocenters. The Labute approximate surface area is 240 Å². The molecule has 1 saturated heterocycles. The Morgan fingerprint density at radius 3 is 2.90 bits per heavy atom. The van der Waals surface area contributed by atoms with Gasteiger partial charge in [0, 0.05) is 55.2 Å². The van der Waals surface area contributed by atoms with Gasteiger partial charge >= 0.3 is 0 Å². The van der Waals surface area contributed by atoms with Gasteiger partial charge in [0.1, 0.15) is 6.10 Å². The zero-order valence-corrected chi connectivity index (χ0v) is 23.3. The summed E-state index contributed by atoms with van der Waals surface area (Å²) < 4.78 is 21.4. The molecule has 5 heterocycles. The number of carbonyl (C=O) groups excluding carboxylic acids is 1. The molecular formula is C28H30FN11O2. The number of aryl methyl sites for hydroxylation is 3. The molecule has 1 amide bonds. The topological polar surface area (TPSA) is 165 Å². The standard InChI is InChI=1S/C28H30FN11O2/c1-15-10-33-28(35-22-9-16(2)39(3)38-22)36-24(15)19-11-31-25-18(19)5-4-6-21(25)34-23(41)14-40-8-7-17(13-40)42-26-20(29)12-32-27(30)37-26/h4-6,9-12,17,31H,7-8,13-14H2,1-3H3,(H,34,41)(H2,30,32,37)(H,33,35,36,38)/t17-/m0/s1. The number of H-pyrrole nitrogens is 1. The Morgan fingerprint density at radius 2 is 2.10 bits per heavy atom. The molecular weight excluding hydrogens is 541 g/mol. The van der Waals surface area contributed by atoms with E-state index in [4.69, 9.17) is 15.5 Å². The van der Waals surface area contributed by atoms with Crippen molar-refractivity contribution in [2.75, 3.05) is 36.0 Å². The highest BCUT2D eigenvalue weighted by Gasteiger charge is 2.27. The van der Waals surface area contributed by atoms with Gasteiger partial charge in [-0.1, -0.05) is 12.1 Å². The lowest BCUT2D eigenvalue weighted by Crippen LogP contribution is -2.33. The van der Waals surface area contributed by atoms with E-state index in [0.29, 0.717) is 37.0 Å². The van der Waals surface area contributed by atoms with Crippen molar-refractivity contribution in [1.29, 1.82) is 0 Å². The zero-order chi connectivity index (χ0) is 29.4. The Kier molecular flexibility index (Phi) is 7.12. The molecule has 13 nitrogen and oxygen atoms in total. The molecule has 42 heavy (non-hydrogen) atoms. The predicted octanol–water partition coefficient (Wildman–Crippen LogP) is 3.32. The van der Waals surface area contributed by atoms with E-state index in [9.17, 15) is 9.18 Å². The second-order valence-corrected chi connectivity index (χ2v) is 10.3. The van der Waals surface area contributed by atoms with E-state index in [1.165, 1.54) is 0 Å². The summed E-state index contributed by atoms with van der Waals surface area (Å²) in [6, 6.07) is 7.65. The highest BCUT2D eigenvalue weighted by Crippen LogP contribution is 2.33. The summed E-state index contributed by atoms with van der Waals surface area (Å²) in [4.78, 5) is 34.9. The summed E-state index contributed by atoms with van der Waals surface area (Å²) in [5.74, 6) is 0.0104. The van der Waals surface area contributed by atoms with Crippen molar-refractivity contribution < 1.29 is 13.9 Å². The van der Waals surface area contributed by atoms with Crippen molar-refractivity contribution >= 4 is 40.2 Å².